The number of carboxylic acids is 1. The predicted molar refractivity (Wildman–Crippen MR) is 146 cm³/mol. The summed E-state index contributed by atoms with van der Waals surface area (Å²) < 4.78 is 44.6. The highest BCUT2D eigenvalue weighted by Gasteiger charge is 2.53. The van der Waals surface area contributed by atoms with Crippen LogP contribution in [-0.4, -0.2) is 50.0 Å². The van der Waals surface area contributed by atoms with Gasteiger partial charge in [0, 0.05) is 6.04 Å². The number of halogens is 5. The average Bonchev–Trinajstić information content (AvgIpc) is 3.57. The second-order valence-corrected chi connectivity index (χ2v) is 12.8. The van der Waals surface area contributed by atoms with Crippen LogP contribution in [0.25, 0.3) is 0 Å². The Balaban J connectivity index is 1.50. The molecule has 1 atom stereocenters. The van der Waals surface area contributed by atoms with E-state index >= 15 is 0 Å². The number of alkyl halides is 3. The van der Waals surface area contributed by atoms with Crippen LogP contribution in [0.1, 0.15) is 104 Å². The summed E-state index contributed by atoms with van der Waals surface area (Å²) in [6, 6.07) is 3.48. The van der Waals surface area contributed by atoms with E-state index in [1.807, 2.05) is 0 Å². The fraction of sp³-hybridized carbons (Fsp3) is 0.586. The molecule has 5 rings (SSSR count). The minimum Gasteiger partial charge on any atom is -0.481 e. The molecule has 0 radical (unpaired) electrons. The number of hydrogen-bond donors (Lipinski definition) is 1. The van der Waals surface area contributed by atoms with Gasteiger partial charge in [0.15, 0.2) is 11.5 Å². The number of hydrogen-bond acceptors (Lipinski definition) is 4. The normalized spacial score (nSPS) is 25.6. The van der Waals surface area contributed by atoms with Gasteiger partial charge in [0.1, 0.15) is 0 Å². The summed E-state index contributed by atoms with van der Waals surface area (Å²) in [7, 11) is 0. The van der Waals surface area contributed by atoms with Crippen LogP contribution < -0.4 is 0 Å². The van der Waals surface area contributed by atoms with E-state index in [0.717, 1.165) is 43.0 Å². The van der Waals surface area contributed by atoms with Gasteiger partial charge in [0.25, 0.3) is 5.91 Å². The lowest BCUT2D eigenvalue weighted by Gasteiger charge is -2.52. The molecule has 1 spiro atoms. The number of ketones is 1. The van der Waals surface area contributed by atoms with Crippen molar-refractivity contribution in [3.8, 4) is 0 Å². The quantitative estimate of drug-likeness (QED) is 0.327. The van der Waals surface area contributed by atoms with Crippen molar-refractivity contribution in [2.75, 3.05) is 6.54 Å². The molecule has 3 fully saturated rings. The van der Waals surface area contributed by atoms with Gasteiger partial charge < -0.3 is 10.0 Å². The highest BCUT2D eigenvalue weighted by molar-refractivity contribution is 6.40. The van der Waals surface area contributed by atoms with Gasteiger partial charge in [-0.2, -0.15) is 18.3 Å². The lowest BCUT2D eigenvalue weighted by atomic mass is 9.62. The van der Waals surface area contributed by atoms with E-state index in [1.165, 1.54) is 17.0 Å². The fourth-order valence-electron chi connectivity index (χ4n) is 7.08. The smallest absolute Gasteiger partial charge is 0.433 e. The molecule has 1 amide bonds. The van der Waals surface area contributed by atoms with Crippen LogP contribution in [0, 0.1) is 10.8 Å². The van der Waals surface area contributed by atoms with Gasteiger partial charge in [-0.3, -0.25) is 19.1 Å². The van der Waals surface area contributed by atoms with Gasteiger partial charge in [0.2, 0.25) is 0 Å². The summed E-state index contributed by atoms with van der Waals surface area (Å²) in [6.07, 6.45) is 1.83. The minimum absolute atomic E-state index is 0.0313. The number of rotatable bonds is 7. The molecule has 3 aliphatic carbocycles. The number of aromatic nitrogens is 2. The van der Waals surface area contributed by atoms with E-state index in [-0.39, 0.29) is 46.7 Å². The topological polar surface area (TPSA) is 92.5 Å². The van der Waals surface area contributed by atoms with Gasteiger partial charge in [0.05, 0.1) is 45.4 Å². The zero-order chi connectivity index (χ0) is 29.7. The molecule has 3 aliphatic rings. The third-order valence-corrected chi connectivity index (χ3v) is 10.3. The van der Waals surface area contributed by atoms with Crippen molar-refractivity contribution >= 4 is 40.9 Å². The van der Waals surface area contributed by atoms with E-state index in [4.69, 9.17) is 23.2 Å². The van der Waals surface area contributed by atoms with Crippen molar-refractivity contribution in [2.24, 2.45) is 10.8 Å². The number of aliphatic carboxylic acids is 1. The van der Waals surface area contributed by atoms with E-state index in [9.17, 15) is 32.7 Å². The van der Waals surface area contributed by atoms with Gasteiger partial charge >= 0.3 is 12.1 Å². The lowest BCUT2D eigenvalue weighted by Crippen LogP contribution is -2.57. The van der Waals surface area contributed by atoms with Crippen LogP contribution >= 0.6 is 23.2 Å². The molecule has 1 aromatic heterocycles. The maximum Gasteiger partial charge on any atom is 0.433 e. The van der Waals surface area contributed by atoms with E-state index in [2.05, 4.69) is 5.10 Å². The van der Waals surface area contributed by atoms with Crippen molar-refractivity contribution in [3.63, 3.8) is 0 Å². The fourth-order valence-corrected chi connectivity index (χ4v) is 7.69. The van der Waals surface area contributed by atoms with Crippen LogP contribution in [0.3, 0.4) is 0 Å². The molecule has 0 saturated heterocycles. The molecule has 1 N–H and O–H groups in total. The van der Waals surface area contributed by atoms with Crippen molar-refractivity contribution in [3.05, 3.63) is 51.3 Å². The maximum atomic E-state index is 14.6. The molecule has 222 valence electrons. The molecular formula is C29H32Cl2F3N3O4. The van der Waals surface area contributed by atoms with E-state index in [0.29, 0.717) is 6.42 Å². The van der Waals surface area contributed by atoms with Crippen molar-refractivity contribution in [2.45, 2.75) is 89.4 Å². The van der Waals surface area contributed by atoms with Gasteiger partial charge in [-0.25, -0.2) is 0 Å². The first-order valence-corrected chi connectivity index (χ1v) is 14.7. The van der Waals surface area contributed by atoms with Crippen LogP contribution in [0.2, 0.25) is 10.0 Å². The van der Waals surface area contributed by atoms with E-state index in [1.54, 1.807) is 13.0 Å². The van der Waals surface area contributed by atoms with Crippen LogP contribution in [0.4, 0.5) is 13.2 Å². The number of benzene rings is 1. The van der Waals surface area contributed by atoms with E-state index < -0.39 is 59.1 Å². The molecule has 1 aromatic carbocycles. The number of Topliss-reactive ketones (excluding diaryl/α,β-unsaturated/α-hetero) is 1. The Kier molecular flexibility index (Phi) is 7.96. The lowest BCUT2D eigenvalue weighted by molar-refractivity contribution is -0.152. The number of amides is 1. The molecule has 0 aliphatic heterocycles. The van der Waals surface area contributed by atoms with Crippen molar-refractivity contribution < 1.29 is 32.7 Å². The Labute approximate surface area is 246 Å². The third kappa shape index (κ3) is 5.38. The average molecular weight is 614 g/mol. The summed E-state index contributed by atoms with van der Waals surface area (Å²) >= 11 is 12.5. The highest BCUT2D eigenvalue weighted by Crippen LogP contribution is 2.55. The summed E-state index contributed by atoms with van der Waals surface area (Å²) in [5.74, 6) is -2.43. The standard InChI is InChI=1S/C29H32Cl2F3N3O4/c1-27(26(40)41)12-7-17(8-13-27)37-24(29(32,33)34)18(15-35-37)25(39)36(22-9-14-28(22)10-2-3-11-28)16-21(38)23-19(30)5-4-6-20(23)31/h4-6,15,17,22H,2-3,7-14,16H2,1H3,(H,40,41)/t17?,22-,27?/m0/s1. The van der Waals surface area contributed by atoms with Crippen LogP contribution in [0.5, 0.6) is 0 Å². The Morgan fingerprint density at radius 2 is 1.66 bits per heavy atom. The van der Waals surface area contributed by atoms with Crippen molar-refractivity contribution in [1.29, 1.82) is 0 Å². The summed E-state index contributed by atoms with van der Waals surface area (Å²) in [6.45, 7) is 1.13. The Hall–Kier alpha value is -2.59. The molecule has 7 nitrogen and oxygen atoms in total. The zero-order valence-electron chi connectivity index (χ0n) is 22.6. The molecule has 41 heavy (non-hydrogen) atoms. The first kappa shape index (κ1) is 29.9. The van der Waals surface area contributed by atoms with Gasteiger partial charge in [-0.05, 0) is 75.8 Å². The largest absolute Gasteiger partial charge is 0.481 e. The molecule has 0 unspecified atom stereocenters. The number of carbonyl (C=O) groups excluding carboxylic acids is 2. The maximum absolute atomic E-state index is 14.6. The van der Waals surface area contributed by atoms with Gasteiger partial charge in [-0.15, -0.1) is 0 Å². The third-order valence-electron chi connectivity index (χ3n) is 9.63. The summed E-state index contributed by atoms with van der Waals surface area (Å²) in [5.41, 5.74) is -2.98. The highest BCUT2D eigenvalue weighted by atomic mass is 35.5. The second kappa shape index (κ2) is 10.9. The Morgan fingerprint density at radius 3 is 2.17 bits per heavy atom. The van der Waals surface area contributed by atoms with Crippen molar-refractivity contribution in [1.82, 2.24) is 14.7 Å². The zero-order valence-corrected chi connectivity index (χ0v) is 24.2. The number of carboxylic acid groups (broad SMARTS) is 1. The summed E-state index contributed by atoms with van der Waals surface area (Å²) in [4.78, 5) is 40.5. The number of carbonyl (C=O) groups is 3. The first-order chi connectivity index (χ1) is 19.3. The Bertz CT molecular complexity index is 1340. The monoisotopic (exact) mass is 613 g/mol. The summed E-state index contributed by atoms with van der Waals surface area (Å²) in [5, 5.41) is 13.8. The van der Waals surface area contributed by atoms with Gasteiger partial charge in [-0.1, -0.05) is 42.1 Å². The molecule has 0 bridgehead atoms. The molecule has 2 aromatic rings. The van der Waals surface area contributed by atoms with Crippen LogP contribution in [-0.2, 0) is 11.0 Å². The first-order valence-electron chi connectivity index (χ1n) is 13.9. The molecule has 3 saturated carbocycles. The van der Waals surface area contributed by atoms with Crippen LogP contribution in [0.15, 0.2) is 24.4 Å². The number of nitrogens with zero attached hydrogens (tertiary/aromatic N) is 3. The minimum atomic E-state index is -4.90. The molecular weight excluding hydrogens is 582 g/mol. The Morgan fingerprint density at radius 1 is 1.05 bits per heavy atom. The second-order valence-electron chi connectivity index (χ2n) is 12.0. The predicted octanol–water partition coefficient (Wildman–Crippen LogP) is 7.46. The SMILES string of the molecule is CC1(C(=O)O)CCC(n2ncc(C(=O)N(CC(=O)c3c(Cl)cccc3Cl)[C@H]3CCC34CCCC4)c2C(F)(F)F)CC1. The molecule has 1 heterocycles. The molecule has 12 heteroatoms.